The summed E-state index contributed by atoms with van der Waals surface area (Å²) in [4.78, 5) is 16.9. The van der Waals surface area contributed by atoms with Crippen molar-refractivity contribution in [3.05, 3.63) is 53.6 Å². The zero-order valence-electron chi connectivity index (χ0n) is 20.3. The fraction of sp³-hybridized carbons (Fsp3) is 0.519. The second kappa shape index (κ2) is 11.6. The standard InChI is InChI=1S/C27H37N3O4/c1-33-25-10-5-20(18-26(25)34-2)11-14-28-22-12-16-29(17-13-22)23-8-6-21(7-9-23)27(32)30-15-3-4-24(31)19-30/h5-10,18,22,24,28,31H,3-4,11-17,19H2,1-2H3/t24-/m1/s1. The number of hydrogen-bond acceptors (Lipinski definition) is 6. The summed E-state index contributed by atoms with van der Waals surface area (Å²) in [5.41, 5.74) is 3.10. The number of piperidine rings is 2. The molecular weight excluding hydrogens is 430 g/mol. The van der Waals surface area contributed by atoms with Gasteiger partial charge in [0.2, 0.25) is 0 Å². The molecule has 7 nitrogen and oxygen atoms in total. The van der Waals surface area contributed by atoms with Gasteiger partial charge in [0.15, 0.2) is 11.5 Å². The van der Waals surface area contributed by atoms with Crippen molar-refractivity contribution in [1.82, 2.24) is 10.2 Å². The molecule has 184 valence electrons. The second-order valence-electron chi connectivity index (χ2n) is 9.25. The first-order valence-corrected chi connectivity index (χ1v) is 12.3. The predicted octanol–water partition coefficient (Wildman–Crippen LogP) is 3.10. The molecule has 2 N–H and O–H groups in total. The average Bonchev–Trinajstić information content (AvgIpc) is 2.88. The second-order valence-corrected chi connectivity index (χ2v) is 9.25. The third kappa shape index (κ3) is 6.02. The summed E-state index contributed by atoms with van der Waals surface area (Å²) in [6.07, 6.45) is 4.39. The van der Waals surface area contributed by atoms with Gasteiger partial charge in [-0.1, -0.05) is 6.07 Å². The van der Waals surface area contributed by atoms with E-state index in [0.717, 1.165) is 69.8 Å². The van der Waals surface area contributed by atoms with Crippen LogP contribution in [0, 0.1) is 0 Å². The molecule has 2 aliphatic rings. The van der Waals surface area contributed by atoms with E-state index in [2.05, 4.69) is 28.4 Å². The minimum Gasteiger partial charge on any atom is -0.493 e. The van der Waals surface area contributed by atoms with E-state index >= 15 is 0 Å². The number of aliphatic hydroxyl groups excluding tert-OH is 1. The fourth-order valence-corrected chi connectivity index (χ4v) is 4.94. The zero-order valence-corrected chi connectivity index (χ0v) is 20.3. The Hall–Kier alpha value is -2.77. The first-order valence-electron chi connectivity index (χ1n) is 12.3. The van der Waals surface area contributed by atoms with Crippen molar-refractivity contribution in [1.29, 1.82) is 0 Å². The highest BCUT2D eigenvalue weighted by Gasteiger charge is 2.24. The van der Waals surface area contributed by atoms with Crippen molar-refractivity contribution in [2.45, 2.75) is 44.2 Å². The van der Waals surface area contributed by atoms with E-state index in [4.69, 9.17) is 9.47 Å². The summed E-state index contributed by atoms with van der Waals surface area (Å²) in [5.74, 6) is 1.55. The van der Waals surface area contributed by atoms with Gasteiger partial charge < -0.3 is 29.7 Å². The topological polar surface area (TPSA) is 74.3 Å². The van der Waals surface area contributed by atoms with Gasteiger partial charge in [0.05, 0.1) is 20.3 Å². The van der Waals surface area contributed by atoms with Crippen LogP contribution in [0.15, 0.2) is 42.5 Å². The van der Waals surface area contributed by atoms with Gasteiger partial charge in [0.25, 0.3) is 5.91 Å². The molecule has 2 aromatic rings. The highest BCUT2D eigenvalue weighted by atomic mass is 16.5. The average molecular weight is 468 g/mol. The summed E-state index contributed by atoms with van der Waals surface area (Å²) in [7, 11) is 3.32. The molecule has 7 heteroatoms. The zero-order chi connectivity index (χ0) is 23.9. The summed E-state index contributed by atoms with van der Waals surface area (Å²) >= 11 is 0. The number of aliphatic hydroxyl groups is 1. The van der Waals surface area contributed by atoms with E-state index in [1.807, 2.05) is 24.3 Å². The molecule has 2 aromatic carbocycles. The molecule has 2 saturated heterocycles. The van der Waals surface area contributed by atoms with Gasteiger partial charge in [-0.15, -0.1) is 0 Å². The third-order valence-electron chi connectivity index (χ3n) is 6.95. The van der Waals surface area contributed by atoms with Gasteiger partial charge >= 0.3 is 0 Å². The number of carbonyl (C=O) groups excluding carboxylic acids is 1. The molecule has 34 heavy (non-hydrogen) atoms. The van der Waals surface area contributed by atoms with Gasteiger partial charge in [-0.2, -0.15) is 0 Å². The summed E-state index contributed by atoms with van der Waals surface area (Å²) in [5, 5.41) is 13.6. The van der Waals surface area contributed by atoms with E-state index in [-0.39, 0.29) is 5.91 Å². The number of likely N-dealkylation sites (tertiary alicyclic amines) is 1. The fourth-order valence-electron chi connectivity index (χ4n) is 4.94. The number of benzene rings is 2. The Labute approximate surface area is 202 Å². The lowest BCUT2D eigenvalue weighted by Gasteiger charge is -2.34. The van der Waals surface area contributed by atoms with Crippen molar-refractivity contribution in [3.8, 4) is 11.5 Å². The van der Waals surface area contributed by atoms with E-state index in [0.29, 0.717) is 18.2 Å². The smallest absolute Gasteiger partial charge is 0.253 e. The highest BCUT2D eigenvalue weighted by molar-refractivity contribution is 5.94. The van der Waals surface area contributed by atoms with Crippen LogP contribution >= 0.6 is 0 Å². The van der Waals surface area contributed by atoms with E-state index in [1.165, 1.54) is 11.3 Å². The van der Waals surface area contributed by atoms with E-state index in [9.17, 15) is 9.90 Å². The van der Waals surface area contributed by atoms with Gasteiger partial charge in [-0.3, -0.25) is 4.79 Å². The molecule has 0 saturated carbocycles. The molecule has 0 bridgehead atoms. The Kier molecular flexibility index (Phi) is 8.29. The first kappa shape index (κ1) is 24.4. The van der Waals surface area contributed by atoms with Crippen LogP contribution in [0.1, 0.15) is 41.6 Å². The molecule has 0 radical (unpaired) electrons. The van der Waals surface area contributed by atoms with Crippen LogP contribution in [-0.2, 0) is 6.42 Å². The number of hydrogen-bond donors (Lipinski definition) is 2. The SMILES string of the molecule is COc1ccc(CCNC2CCN(c3ccc(C(=O)N4CCC[C@@H](O)C4)cc3)CC2)cc1OC. The largest absolute Gasteiger partial charge is 0.493 e. The lowest BCUT2D eigenvalue weighted by molar-refractivity contribution is 0.0474. The number of nitrogens with one attached hydrogen (secondary N) is 1. The maximum Gasteiger partial charge on any atom is 0.253 e. The Morgan fingerprint density at radius 1 is 1.00 bits per heavy atom. The van der Waals surface area contributed by atoms with Gasteiger partial charge in [0.1, 0.15) is 0 Å². The molecule has 0 aliphatic carbocycles. The number of nitrogens with zero attached hydrogens (tertiary/aromatic N) is 2. The molecule has 1 atom stereocenters. The molecule has 4 rings (SSSR count). The molecular formula is C27H37N3O4. The highest BCUT2D eigenvalue weighted by Crippen LogP contribution is 2.28. The van der Waals surface area contributed by atoms with E-state index < -0.39 is 6.10 Å². The van der Waals surface area contributed by atoms with Crippen LogP contribution in [0.2, 0.25) is 0 Å². The molecule has 0 spiro atoms. The van der Waals surface area contributed by atoms with Gasteiger partial charge in [-0.25, -0.2) is 0 Å². The van der Waals surface area contributed by atoms with Crippen molar-refractivity contribution in [3.63, 3.8) is 0 Å². The minimum absolute atomic E-state index is 0.0164. The molecule has 2 aliphatic heterocycles. The Morgan fingerprint density at radius 3 is 2.41 bits per heavy atom. The maximum atomic E-state index is 12.7. The lowest BCUT2D eigenvalue weighted by atomic mass is 10.0. The molecule has 1 amide bonds. The molecule has 0 unspecified atom stereocenters. The number of ether oxygens (including phenoxy) is 2. The Balaban J connectivity index is 1.22. The van der Waals surface area contributed by atoms with Crippen LogP contribution in [0.4, 0.5) is 5.69 Å². The Morgan fingerprint density at radius 2 is 1.74 bits per heavy atom. The van der Waals surface area contributed by atoms with Crippen molar-refractivity contribution in [2.75, 3.05) is 51.8 Å². The number of rotatable bonds is 8. The van der Waals surface area contributed by atoms with Crippen molar-refractivity contribution in [2.24, 2.45) is 0 Å². The summed E-state index contributed by atoms with van der Waals surface area (Å²) < 4.78 is 10.7. The van der Waals surface area contributed by atoms with Crippen LogP contribution < -0.4 is 19.7 Å². The quantitative estimate of drug-likeness (QED) is 0.622. The van der Waals surface area contributed by atoms with Crippen molar-refractivity contribution < 1.29 is 19.4 Å². The van der Waals surface area contributed by atoms with E-state index in [1.54, 1.807) is 19.1 Å². The van der Waals surface area contributed by atoms with Crippen LogP contribution in [0.5, 0.6) is 11.5 Å². The summed E-state index contributed by atoms with van der Waals surface area (Å²) in [6, 6.07) is 14.6. The first-order chi connectivity index (χ1) is 16.6. The number of anilines is 1. The predicted molar refractivity (Wildman–Crippen MR) is 134 cm³/mol. The number of carbonyl (C=O) groups is 1. The monoisotopic (exact) mass is 467 g/mol. The molecule has 2 fully saturated rings. The van der Waals surface area contributed by atoms with Gasteiger partial charge in [-0.05, 0) is 80.6 Å². The third-order valence-corrected chi connectivity index (χ3v) is 6.95. The summed E-state index contributed by atoms with van der Waals surface area (Å²) in [6.45, 7) is 4.10. The number of amides is 1. The van der Waals surface area contributed by atoms with Gasteiger partial charge in [0, 0.05) is 43.5 Å². The Bertz CT molecular complexity index is 941. The van der Waals surface area contributed by atoms with Crippen LogP contribution in [-0.4, -0.2) is 75.0 Å². The van der Waals surface area contributed by atoms with Crippen LogP contribution in [0.25, 0.3) is 0 Å². The minimum atomic E-state index is -0.397. The number of β-amino-alcohol motifs (C(OH)–C–C–N with tert-alkyl or cyclic N) is 1. The van der Waals surface area contributed by atoms with Crippen molar-refractivity contribution >= 4 is 11.6 Å². The normalized spacial score (nSPS) is 19.2. The molecule has 0 aromatic heterocycles. The van der Waals surface area contributed by atoms with Crippen LogP contribution in [0.3, 0.4) is 0 Å². The lowest BCUT2D eigenvalue weighted by Crippen LogP contribution is -2.43. The molecule has 2 heterocycles. The maximum absolute atomic E-state index is 12.7. The number of methoxy groups -OCH3 is 2.